The zero-order valence-corrected chi connectivity index (χ0v) is 11.5. The molecule has 1 rings (SSSR count). The van der Waals surface area contributed by atoms with Crippen molar-refractivity contribution in [2.24, 2.45) is 0 Å². The number of aliphatic hydroxyl groups is 1. The molecule has 0 saturated carbocycles. The number of carbonyl (C=O) groups is 2. The lowest BCUT2D eigenvalue weighted by Crippen LogP contribution is -2.46. The van der Waals surface area contributed by atoms with Gasteiger partial charge in [-0.3, -0.25) is 4.79 Å². The Kier molecular flexibility index (Phi) is 5.78. The molecule has 0 fully saturated rings. The van der Waals surface area contributed by atoms with Gasteiger partial charge in [-0.25, -0.2) is 4.79 Å². The number of carboxylic acid groups (broad SMARTS) is 1. The number of hydrogen-bond donors (Lipinski definition) is 4. The van der Waals surface area contributed by atoms with Gasteiger partial charge in [-0.2, -0.15) is 11.3 Å². The van der Waals surface area contributed by atoms with Crippen molar-refractivity contribution < 1.29 is 19.8 Å². The third-order valence-electron chi connectivity index (χ3n) is 2.44. The van der Waals surface area contributed by atoms with E-state index >= 15 is 0 Å². The Morgan fingerprint density at radius 2 is 2.16 bits per heavy atom. The summed E-state index contributed by atoms with van der Waals surface area (Å²) in [5.41, 5.74) is -0.292. The highest BCUT2D eigenvalue weighted by molar-refractivity contribution is 7.07. The molecule has 0 aliphatic rings. The SMILES string of the molecule is CC(O)(CNC(=O)NCCc1ccsc1)CC(=O)O. The van der Waals surface area contributed by atoms with Gasteiger partial charge in [0.25, 0.3) is 0 Å². The molecular formula is C12H18N2O4S. The summed E-state index contributed by atoms with van der Waals surface area (Å²) in [5, 5.41) is 27.3. The number of urea groups is 1. The van der Waals surface area contributed by atoms with E-state index in [-0.39, 0.29) is 6.54 Å². The molecule has 0 spiro atoms. The van der Waals surface area contributed by atoms with Crippen LogP contribution in [0.4, 0.5) is 4.79 Å². The second-order valence-electron chi connectivity index (χ2n) is 4.56. The van der Waals surface area contributed by atoms with Gasteiger partial charge in [-0.05, 0) is 35.7 Å². The van der Waals surface area contributed by atoms with E-state index in [0.717, 1.165) is 12.0 Å². The van der Waals surface area contributed by atoms with Crippen LogP contribution >= 0.6 is 11.3 Å². The van der Waals surface area contributed by atoms with Crippen molar-refractivity contribution in [2.75, 3.05) is 13.1 Å². The number of rotatable bonds is 7. The van der Waals surface area contributed by atoms with E-state index in [2.05, 4.69) is 10.6 Å². The van der Waals surface area contributed by atoms with E-state index < -0.39 is 24.0 Å². The normalized spacial score (nSPS) is 13.6. The Labute approximate surface area is 115 Å². The van der Waals surface area contributed by atoms with Crippen molar-refractivity contribution in [1.29, 1.82) is 0 Å². The topological polar surface area (TPSA) is 98.7 Å². The molecule has 1 atom stereocenters. The Morgan fingerprint density at radius 1 is 1.42 bits per heavy atom. The zero-order valence-electron chi connectivity index (χ0n) is 10.7. The lowest BCUT2D eigenvalue weighted by Gasteiger charge is -2.21. The van der Waals surface area contributed by atoms with E-state index in [0.29, 0.717) is 6.54 Å². The molecule has 1 aromatic rings. The maximum atomic E-state index is 11.4. The first-order valence-corrected chi connectivity index (χ1v) is 6.80. The summed E-state index contributed by atoms with van der Waals surface area (Å²) < 4.78 is 0. The number of thiophene rings is 1. The molecule has 6 nitrogen and oxygen atoms in total. The Hall–Kier alpha value is -1.60. The minimum atomic E-state index is -1.45. The van der Waals surface area contributed by atoms with Gasteiger partial charge >= 0.3 is 12.0 Å². The third-order valence-corrected chi connectivity index (χ3v) is 3.17. The van der Waals surface area contributed by atoms with Crippen molar-refractivity contribution in [3.8, 4) is 0 Å². The molecule has 1 aromatic heterocycles. The smallest absolute Gasteiger partial charge is 0.314 e. The molecule has 0 aliphatic heterocycles. The number of nitrogens with one attached hydrogen (secondary N) is 2. The molecule has 0 aromatic carbocycles. The van der Waals surface area contributed by atoms with Crippen LogP contribution in [-0.4, -0.2) is 40.9 Å². The van der Waals surface area contributed by atoms with Crippen LogP contribution in [0.1, 0.15) is 18.9 Å². The van der Waals surface area contributed by atoms with E-state index in [1.165, 1.54) is 6.92 Å². The summed E-state index contributed by atoms with van der Waals surface area (Å²) in [6, 6.07) is 1.57. The number of carboxylic acids is 1. The van der Waals surface area contributed by atoms with Crippen LogP contribution in [0.15, 0.2) is 16.8 Å². The molecule has 1 unspecified atom stereocenters. The molecule has 7 heteroatoms. The molecule has 0 aliphatic carbocycles. The van der Waals surface area contributed by atoms with Crippen molar-refractivity contribution in [1.82, 2.24) is 10.6 Å². The van der Waals surface area contributed by atoms with Crippen LogP contribution in [0.5, 0.6) is 0 Å². The van der Waals surface area contributed by atoms with E-state index in [9.17, 15) is 14.7 Å². The van der Waals surface area contributed by atoms with E-state index in [4.69, 9.17) is 5.11 Å². The highest BCUT2D eigenvalue weighted by Crippen LogP contribution is 2.07. The number of aliphatic carboxylic acids is 1. The summed E-state index contributed by atoms with van der Waals surface area (Å²) in [6.07, 6.45) is 0.324. The van der Waals surface area contributed by atoms with Gasteiger partial charge in [0.15, 0.2) is 0 Å². The minimum Gasteiger partial charge on any atom is -0.481 e. The molecule has 4 N–H and O–H groups in total. The Morgan fingerprint density at radius 3 is 2.74 bits per heavy atom. The first-order valence-electron chi connectivity index (χ1n) is 5.86. The predicted molar refractivity (Wildman–Crippen MR) is 72.3 cm³/mol. The first-order chi connectivity index (χ1) is 8.89. The largest absolute Gasteiger partial charge is 0.481 e. The van der Waals surface area contributed by atoms with Crippen LogP contribution in [0.2, 0.25) is 0 Å². The molecular weight excluding hydrogens is 268 g/mol. The number of hydrogen-bond acceptors (Lipinski definition) is 4. The van der Waals surface area contributed by atoms with Gasteiger partial charge < -0.3 is 20.8 Å². The molecule has 106 valence electrons. The fourth-order valence-electron chi connectivity index (χ4n) is 1.48. The molecule has 0 radical (unpaired) electrons. The minimum absolute atomic E-state index is 0.108. The average Bonchev–Trinajstić information content (AvgIpc) is 2.78. The summed E-state index contributed by atoms with van der Waals surface area (Å²) >= 11 is 1.60. The zero-order chi connectivity index (χ0) is 14.3. The first kappa shape index (κ1) is 15.5. The molecule has 0 saturated heterocycles. The predicted octanol–water partition coefficient (Wildman–Crippen LogP) is 0.816. The van der Waals surface area contributed by atoms with Crippen molar-refractivity contribution in [2.45, 2.75) is 25.4 Å². The molecule has 0 bridgehead atoms. The van der Waals surface area contributed by atoms with Gasteiger partial charge in [0.2, 0.25) is 0 Å². The number of amides is 2. The monoisotopic (exact) mass is 286 g/mol. The Balaban J connectivity index is 2.18. The average molecular weight is 286 g/mol. The summed E-state index contributed by atoms with van der Waals surface area (Å²) in [5.74, 6) is -1.11. The Bertz CT molecular complexity index is 417. The second-order valence-corrected chi connectivity index (χ2v) is 5.34. The van der Waals surface area contributed by atoms with Crippen LogP contribution in [0.25, 0.3) is 0 Å². The standard InChI is InChI=1S/C12H18N2O4S/c1-12(18,6-10(15)16)8-14-11(17)13-4-2-9-3-5-19-7-9/h3,5,7,18H,2,4,6,8H2,1H3,(H,15,16)(H2,13,14,17). The van der Waals surface area contributed by atoms with E-state index in [1.54, 1.807) is 11.3 Å². The molecule has 1 heterocycles. The van der Waals surface area contributed by atoms with Gasteiger partial charge in [0, 0.05) is 13.1 Å². The third kappa shape index (κ3) is 6.78. The second kappa shape index (κ2) is 7.10. The maximum absolute atomic E-state index is 11.4. The van der Waals surface area contributed by atoms with Crippen LogP contribution in [0.3, 0.4) is 0 Å². The van der Waals surface area contributed by atoms with Crippen molar-refractivity contribution >= 4 is 23.3 Å². The van der Waals surface area contributed by atoms with Crippen molar-refractivity contribution in [3.05, 3.63) is 22.4 Å². The fourth-order valence-corrected chi connectivity index (χ4v) is 2.18. The van der Waals surface area contributed by atoms with Gasteiger partial charge in [0.05, 0.1) is 12.0 Å². The number of carbonyl (C=O) groups excluding carboxylic acids is 1. The highest BCUT2D eigenvalue weighted by atomic mass is 32.1. The quantitative estimate of drug-likeness (QED) is 0.596. The fraction of sp³-hybridized carbons (Fsp3) is 0.500. The lowest BCUT2D eigenvalue weighted by molar-refractivity contribution is -0.141. The van der Waals surface area contributed by atoms with Gasteiger partial charge in [-0.1, -0.05) is 0 Å². The highest BCUT2D eigenvalue weighted by Gasteiger charge is 2.24. The van der Waals surface area contributed by atoms with Crippen LogP contribution in [-0.2, 0) is 11.2 Å². The summed E-state index contributed by atoms with van der Waals surface area (Å²) in [7, 11) is 0. The van der Waals surface area contributed by atoms with Crippen molar-refractivity contribution in [3.63, 3.8) is 0 Å². The van der Waals surface area contributed by atoms with Crippen LogP contribution in [0, 0.1) is 0 Å². The summed E-state index contributed by atoms with van der Waals surface area (Å²) in [6.45, 7) is 1.75. The molecule has 19 heavy (non-hydrogen) atoms. The molecule has 2 amide bonds. The summed E-state index contributed by atoms with van der Waals surface area (Å²) in [4.78, 5) is 21.9. The van der Waals surface area contributed by atoms with E-state index in [1.807, 2.05) is 16.8 Å². The van der Waals surface area contributed by atoms with Gasteiger partial charge in [0.1, 0.15) is 0 Å². The van der Waals surface area contributed by atoms with Crippen LogP contribution < -0.4 is 10.6 Å². The van der Waals surface area contributed by atoms with Gasteiger partial charge in [-0.15, -0.1) is 0 Å². The lowest BCUT2D eigenvalue weighted by atomic mass is 10.0. The maximum Gasteiger partial charge on any atom is 0.314 e.